The third kappa shape index (κ3) is 10.7. The van der Waals surface area contributed by atoms with Gasteiger partial charge in [0.1, 0.15) is 11.5 Å². The van der Waals surface area contributed by atoms with Gasteiger partial charge in [-0.15, -0.1) is 0 Å². The summed E-state index contributed by atoms with van der Waals surface area (Å²) in [6, 6.07) is 20.2. The van der Waals surface area contributed by atoms with E-state index >= 15 is 0 Å². The van der Waals surface area contributed by atoms with Crippen molar-refractivity contribution in [3.63, 3.8) is 0 Å². The first-order valence-electron chi connectivity index (χ1n) is 13.5. The summed E-state index contributed by atoms with van der Waals surface area (Å²) in [7, 11) is 0. The van der Waals surface area contributed by atoms with Gasteiger partial charge in [-0.1, -0.05) is 37.0 Å². The molecule has 0 bridgehead atoms. The summed E-state index contributed by atoms with van der Waals surface area (Å²) < 4.78 is 16.7. The van der Waals surface area contributed by atoms with Crippen molar-refractivity contribution in [2.24, 2.45) is 0 Å². The van der Waals surface area contributed by atoms with Gasteiger partial charge in [0, 0.05) is 23.8 Å². The fraction of sp³-hybridized carbons (Fsp3) is 0.364. The molecule has 0 atom stereocenters. The number of carbonyl (C=O) groups excluding carboxylic acids is 1. The third-order valence-corrected chi connectivity index (χ3v) is 6.06. The van der Waals surface area contributed by atoms with Crippen molar-refractivity contribution in [2.75, 3.05) is 26.4 Å². The van der Waals surface area contributed by atoms with E-state index in [0.717, 1.165) is 84.8 Å². The first-order chi connectivity index (χ1) is 18.7. The molecule has 0 aliphatic carbocycles. The molecule has 0 spiro atoms. The lowest BCUT2D eigenvalue weighted by molar-refractivity contribution is -0.137. The number of carbonyl (C=O) groups is 1. The molecule has 0 aromatic heterocycles. The van der Waals surface area contributed by atoms with Crippen LogP contribution in [0.1, 0.15) is 62.5 Å². The highest BCUT2D eigenvalue weighted by atomic mass is 16.5. The summed E-state index contributed by atoms with van der Waals surface area (Å²) in [5.74, 6) is 7.85. The summed E-state index contributed by atoms with van der Waals surface area (Å²) in [4.78, 5) is 11.0. The molecular weight excluding hydrogens is 476 g/mol. The van der Waals surface area contributed by atoms with Crippen molar-refractivity contribution >= 4 is 16.7 Å². The zero-order valence-electron chi connectivity index (χ0n) is 22.1. The predicted molar refractivity (Wildman–Crippen MR) is 153 cm³/mol. The molecule has 3 aromatic carbocycles. The highest BCUT2D eigenvalue weighted by molar-refractivity contribution is 5.85. The van der Waals surface area contributed by atoms with Crippen LogP contribution < -0.4 is 9.47 Å². The van der Waals surface area contributed by atoms with Crippen LogP contribution in [0.3, 0.4) is 0 Å². The van der Waals surface area contributed by atoms with Crippen molar-refractivity contribution in [3.8, 4) is 23.3 Å². The minimum atomic E-state index is -0.363. The van der Waals surface area contributed by atoms with Gasteiger partial charge in [0.05, 0.1) is 19.8 Å². The van der Waals surface area contributed by atoms with E-state index in [1.165, 1.54) is 6.08 Å². The standard InChI is InChI=1S/C33H38O5/c1-2-33(35)38-24-10-6-5-9-23-37-32-20-17-29-25-28(13-16-30(29)26-32)12-11-27-14-18-31(19-15-27)36-22-8-4-3-7-21-34/h2,13-20,25-26,34H,1,3-10,21-24H2. The van der Waals surface area contributed by atoms with Crippen LogP contribution >= 0.6 is 0 Å². The Hall–Kier alpha value is -3.75. The summed E-state index contributed by atoms with van der Waals surface area (Å²) in [5.41, 5.74) is 1.91. The van der Waals surface area contributed by atoms with E-state index < -0.39 is 0 Å². The summed E-state index contributed by atoms with van der Waals surface area (Å²) in [5, 5.41) is 11.1. The number of fused-ring (bicyclic) bond motifs is 1. The number of benzene rings is 3. The van der Waals surface area contributed by atoms with Gasteiger partial charge in [-0.2, -0.15) is 0 Å². The van der Waals surface area contributed by atoms with Crippen LogP contribution in [-0.2, 0) is 9.53 Å². The predicted octanol–water partition coefficient (Wildman–Crippen LogP) is 6.84. The maximum absolute atomic E-state index is 11.0. The molecule has 38 heavy (non-hydrogen) atoms. The number of aliphatic hydroxyl groups excluding tert-OH is 1. The van der Waals surface area contributed by atoms with Crippen LogP contribution in [0.5, 0.6) is 11.5 Å². The second-order valence-electron chi connectivity index (χ2n) is 9.12. The second-order valence-corrected chi connectivity index (χ2v) is 9.12. The van der Waals surface area contributed by atoms with Crippen molar-refractivity contribution in [2.45, 2.75) is 51.4 Å². The molecule has 1 N–H and O–H groups in total. The third-order valence-electron chi connectivity index (χ3n) is 6.06. The molecular formula is C33H38O5. The SMILES string of the molecule is C=CC(=O)OCCCCCCOc1ccc2cc(C#Cc3ccc(OCCCCCCO)cc3)ccc2c1. The van der Waals surface area contributed by atoms with Crippen LogP contribution in [-0.4, -0.2) is 37.5 Å². The monoisotopic (exact) mass is 514 g/mol. The van der Waals surface area contributed by atoms with E-state index in [9.17, 15) is 4.79 Å². The molecule has 200 valence electrons. The Morgan fingerprint density at radius 1 is 0.684 bits per heavy atom. The van der Waals surface area contributed by atoms with E-state index in [-0.39, 0.29) is 12.6 Å². The Morgan fingerprint density at radius 2 is 1.24 bits per heavy atom. The maximum Gasteiger partial charge on any atom is 0.330 e. The molecule has 0 amide bonds. The van der Waals surface area contributed by atoms with Crippen molar-refractivity contribution in [1.82, 2.24) is 0 Å². The highest BCUT2D eigenvalue weighted by Gasteiger charge is 2.01. The van der Waals surface area contributed by atoms with Gasteiger partial charge in [0.15, 0.2) is 0 Å². The fourth-order valence-electron chi connectivity index (χ4n) is 3.91. The van der Waals surface area contributed by atoms with Gasteiger partial charge in [-0.25, -0.2) is 4.79 Å². The summed E-state index contributed by atoms with van der Waals surface area (Å²) in [6.07, 6.45) is 9.00. The van der Waals surface area contributed by atoms with E-state index in [4.69, 9.17) is 19.3 Å². The number of ether oxygens (including phenoxy) is 3. The molecule has 0 saturated heterocycles. The molecule has 5 heteroatoms. The Labute approximate surface area is 226 Å². The minimum absolute atomic E-state index is 0.264. The van der Waals surface area contributed by atoms with Gasteiger partial charge in [-0.05, 0) is 104 Å². The number of unbranched alkanes of at least 4 members (excludes halogenated alkanes) is 6. The normalized spacial score (nSPS) is 10.4. The van der Waals surface area contributed by atoms with E-state index in [0.29, 0.717) is 19.8 Å². The van der Waals surface area contributed by atoms with Gasteiger partial charge < -0.3 is 19.3 Å². The second kappa shape index (κ2) is 16.9. The number of aliphatic hydroxyl groups is 1. The molecule has 0 fully saturated rings. The zero-order valence-corrected chi connectivity index (χ0v) is 22.1. The number of esters is 1. The largest absolute Gasteiger partial charge is 0.494 e. The van der Waals surface area contributed by atoms with Gasteiger partial charge >= 0.3 is 5.97 Å². The molecule has 0 unspecified atom stereocenters. The van der Waals surface area contributed by atoms with Crippen molar-refractivity contribution < 1.29 is 24.1 Å². The lowest BCUT2D eigenvalue weighted by Crippen LogP contribution is -2.02. The summed E-state index contributed by atoms with van der Waals surface area (Å²) in [6.45, 7) is 5.44. The van der Waals surface area contributed by atoms with Gasteiger partial charge in [-0.3, -0.25) is 0 Å². The first-order valence-corrected chi connectivity index (χ1v) is 13.5. The van der Waals surface area contributed by atoms with Crippen molar-refractivity contribution in [1.29, 1.82) is 0 Å². The molecule has 0 aliphatic heterocycles. The van der Waals surface area contributed by atoms with Gasteiger partial charge in [0.2, 0.25) is 0 Å². The minimum Gasteiger partial charge on any atom is -0.494 e. The topological polar surface area (TPSA) is 65.0 Å². The Balaban J connectivity index is 1.41. The zero-order chi connectivity index (χ0) is 26.8. The number of hydrogen-bond acceptors (Lipinski definition) is 5. The van der Waals surface area contributed by atoms with E-state index in [2.05, 4.69) is 42.7 Å². The maximum atomic E-state index is 11.0. The van der Waals surface area contributed by atoms with Crippen LogP contribution in [0.2, 0.25) is 0 Å². The molecule has 3 rings (SSSR count). The van der Waals surface area contributed by atoms with E-state index in [1.54, 1.807) is 0 Å². The van der Waals surface area contributed by atoms with Crippen LogP contribution in [0.15, 0.2) is 73.3 Å². The Bertz CT molecular complexity index is 1200. The average Bonchev–Trinajstić information content (AvgIpc) is 2.95. The molecule has 3 aromatic rings. The average molecular weight is 515 g/mol. The lowest BCUT2D eigenvalue weighted by atomic mass is 10.1. The smallest absolute Gasteiger partial charge is 0.330 e. The number of rotatable bonds is 16. The van der Waals surface area contributed by atoms with Crippen molar-refractivity contribution in [3.05, 3.63) is 84.4 Å². The highest BCUT2D eigenvalue weighted by Crippen LogP contribution is 2.22. The number of hydrogen-bond donors (Lipinski definition) is 1. The Morgan fingerprint density at radius 3 is 1.95 bits per heavy atom. The quantitative estimate of drug-likeness (QED) is 0.0981. The van der Waals surface area contributed by atoms with E-state index in [1.807, 2.05) is 36.4 Å². The van der Waals surface area contributed by atoms with Gasteiger partial charge in [0.25, 0.3) is 0 Å². The molecule has 5 nitrogen and oxygen atoms in total. The fourth-order valence-corrected chi connectivity index (χ4v) is 3.91. The lowest BCUT2D eigenvalue weighted by Gasteiger charge is -2.08. The molecule has 0 heterocycles. The first kappa shape index (κ1) is 28.8. The molecule has 0 radical (unpaired) electrons. The van der Waals surface area contributed by atoms with Crippen LogP contribution in [0.4, 0.5) is 0 Å². The van der Waals surface area contributed by atoms with Crippen LogP contribution in [0, 0.1) is 11.8 Å². The van der Waals surface area contributed by atoms with Crippen LogP contribution in [0.25, 0.3) is 10.8 Å². The molecule has 0 saturated carbocycles. The molecule has 0 aliphatic rings. The Kier molecular flexibility index (Phi) is 12.8. The summed E-state index contributed by atoms with van der Waals surface area (Å²) >= 11 is 0.